The molecule has 1 saturated carbocycles. The number of hydrogen-bond donors (Lipinski definition) is 1. The van der Waals surface area contributed by atoms with Crippen LogP contribution in [0.5, 0.6) is 11.6 Å². The number of carbonyl (C=O) groups is 2. The topological polar surface area (TPSA) is 138 Å². The first-order valence-corrected chi connectivity index (χ1v) is 16.1. The summed E-state index contributed by atoms with van der Waals surface area (Å²) in [5.41, 5.74) is 9.16. The predicted molar refractivity (Wildman–Crippen MR) is 178 cm³/mol. The van der Waals surface area contributed by atoms with Crippen molar-refractivity contribution in [2.24, 2.45) is 11.7 Å². The van der Waals surface area contributed by atoms with Crippen LogP contribution in [0.2, 0.25) is 5.02 Å². The zero-order valence-corrected chi connectivity index (χ0v) is 27.6. The van der Waals surface area contributed by atoms with Crippen LogP contribution in [0.4, 0.5) is 14.5 Å². The first-order chi connectivity index (χ1) is 23.4. The number of benzene rings is 1. The number of halogens is 3. The van der Waals surface area contributed by atoms with Crippen molar-refractivity contribution in [3.8, 4) is 22.8 Å². The van der Waals surface area contributed by atoms with Gasteiger partial charge in [0.15, 0.2) is 11.2 Å². The van der Waals surface area contributed by atoms with Gasteiger partial charge < -0.3 is 15.2 Å². The van der Waals surface area contributed by atoms with Crippen LogP contribution in [0.1, 0.15) is 67.0 Å². The van der Waals surface area contributed by atoms with Gasteiger partial charge in [0.05, 0.1) is 46.4 Å². The van der Waals surface area contributed by atoms with Crippen LogP contribution >= 0.6 is 11.6 Å². The number of pyridine rings is 3. The van der Waals surface area contributed by atoms with E-state index in [1.165, 1.54) is 18.5 Å². The molecular weight excluding hydrogens is 656 g/mol. The van der Waals surface area contributed by atoms with E-state index in [1.807, 2.05) is 13.0 Å². The van der Waals surface area contributed by atoms with E-state index in [0.29, 0.717) is 67.9 Å². The number of nitrogens with zero attached hydrogens (tertiary/aromatic N) is 6. The van der Waals surface area contributed by atoms with Gasteiger partial charge in [-0.1, -0.05) is 17.7 Å². The molecular formula is C35H32ClF2N7O4. The van der Waals surface area contributed by atoms with Crippen molar-refractivity contribution in [2.75, 3.05) is 4.90 Å². The quantitative estimate of drug-likeness (QED) is 0.175. The van der Waals surface area contributed by atoms with Gasteiger partial charge in [0.25, 0.3) is 11.8 Å². The molecule has 5 heterocycles. The highest BCUT2D eigenvalue weighted by molar-refractivity contribution is 6.30. The molecule has 14 heteroatoms. The fourth-order valence-electron chi connectivity index (χ4n) is 6.23. The number of amides is 2. The Morgan fingerprint density at radius 3 is 2.63 bits per heavy atom. The van der Waals surface area contributed by atoms with E-state index in [0.717, 1.165) is 12.8 Å². The molecule has 1 aliphatic heterocycles. The number of aromatic nitrogens is 5. The first-order valence-electron chi connectivity index (χ1n) is 15.8. The lowest BCUT2D eigenvalue weighted by molar-refractivity contribution is -0.132. The van der Waals surface area contributed by atoms with Gasteiger partial charge in [-0.3, -0.25) is 19.5 Å². The molecule has 7 rings (SSSR count). The molecule has 0 unspecified atom stereocenters. The summed E-state index contributed by atoms with van der Waals surface area (Å²) in [7, 11) is 0. The van der Waals surface area contributed by atoms with Gasteiger partial charge >= 0.3 is 6.61 Å². The number of primary amides is 1. The number of nitrogens with two attached hydrogens (primary N) is 1. The van der Waals surface area contributed by atoms with Crippen LogP contribution in [0.15, 0.2) is 61.1 Å². The minimum Gasteiger partial charge on any atom is -0.476 e. The summed E-state index contributed by atoms with van der Waals surface area (Å²) in [6.07, 6.45) is 7.12. The fraction of sp³-hybridized carbons (Fsp3) is 0.314. The van der Waals surface area contributed by atoms with Crippen molar-refractivity contribution in [2.45, 2.75) is 64.8 Å². The lowest BCUT2D eigenvalue weighted by Gasteiger charge is -2.39. The SMILES string of the molecule is C[C@H](c1ccnc(OC(F)F)c1)n1ncc2c(-c3ccc4c(c3)OC(C)(C)C(=O)N4Cc3ccc(Cl)cn3)c(C(N)=O)c(CC3CC3)nc21. The fourth-order valence-corrected chi connectivity index (χ4v) is 6.34. The summed E-state index contributed by atoms with van der Waals surface area (Å²) < 4.78 is 38.4. The van der Waals surface area contributed by atoms with Crippen LogP contribution in [0, 0.1) is 5.92 Å². The number of anilines is 1. The third-order valence-corrected chi connectivity index (χ3v) is 9.06. The maximum atomic E-state index is 13.6. The maximum absolute atomic E-state index is 13.6. The van der Waals surface area contributed by atoms with Crippen LogP contribution < -0.4 is 20.1 Å². The lowest BCUT2D eigenvalue weighted by atomic mass is 9.92. The van der Waals surface area contributed by atoms with E-state index >= 15 is 0 Å². The van der Waals surface area contributed by atoms with Crippen molar-refractivity contribution in [1.82, 2.24) is 24.7 Å². The number of rotatable bonds is 10. The normalized spacial score (nSPS) is 16.1. The Kier molecular flexibility index (Phi) is 8.18. The summed E-state index contributed by atoms with van der Waals surface area (Å²) in [6.45, 7) is 2.42. The van der Waals surface area contributed by atoms with Gasteiger partial charge in [0.1, 0.15) is 5.75 Å². The van der Waals surface area contributed by atoms with Gasteiger partial charge in [0, 0.05) is 29.4 Å². The number of fused-ring (bicyclic) bond motifs is 2. The Labute approximate surface area is 285 Å². The lowest BCUT2D eigenvalue weighted by Crippen LogP contribution is -2.52. The molecule has 2 N–H and O–H groups in total. The predicted octanol–water partition coefficient (Wildman–Crippen LogP) is 6.51. The average Bonchev–Trinajstić information content (AvgIpc) is 3.77. The monoisotopic (exact) mass is 687 g/mol. The molecule has 0 radical (unpaired) electrons. The molecule has 4 aromatic heterocycles. The van der Waals surface area contributed by atoms with Crippen molar-refractivity contribution >= 4 is 40.1 Å². The van der Waals surface area contributed by atoms with E-state index < -0.39 is 24.2 Å². The molecule has 0 saturated heterocycles. The molecule has 1 aliphatic carbocycles. The van der Waals surface area contributed by atoms with E-state index in [-0.39, 0.29) is 23.9 Å². The van der Waals surface area contributed by atoms with Gasteiger partial charge in [0.2, 0.25) is 5.88 Å². The molecule has 1 fully saturated rings. The van der Waals surface area contributed by atoms with E-state index in [9.17, 15) is 18.4 Å². The number of hydrogen-bond acceptors (Lipinski definition) is 8. The Morgan fingerprint density at radius 1 is 1.14 bits per heavy atom. The summed E-state index contributed by atoms with van der Waals surface area (Å²) in [5.74, 6) is -0.287. The maximum Gasteiger partial charge on any atom is 0.388 e. The molecule has 11 nitrogen and oxygen atoms in total. The summed E-state index contributed by atoms with van der Waals surface area (Å²) in [6, 6.07) is 11.5. The van der Waals surface area contributed by atoms with Crippen LogP contribution in [0.25, 0.3) is 22.2 Å². The highest BCUT2D eigenvalue weighted by Gasteiger charge is 2.41. The van der Waals surface area contributed by atoms with Gasteiger partial charge in [-0.2, -0.15) is 13.9 Å². The average molecular weight is 688 g/mol. The van der Waals surface area contributed by atoms with Gasteiger partial charge in [-0.25, -0.2) is 14.6 Å². The highest BCUT2D eigenvalue weighted by Crippen LogP contribution is 2.44. The molecule has 5 aromatic rings. The van der Waals surface area contributed by atoms with Crippen molar-refractivity contribution in [1.29, 1.82) is 0 Å². The smallest absolute Gasteiger partial charge is 0.388 e. The highest BCUT2D eigenvalue weighted by atomic mass is 35.5. The Balaban J connectivity index is 1.37. The molecule has 2 aliphatic rings. The second kappa shape index (κ2) is 12.4. The van der Waals surface area contributed by atoms with Crippen molar-refractivity contribution in [3.05, 3.63) is 88.6 Å². The molecule has 0 spiro atoms. The van der Waals surface area contributed by atoms with E-state index in [4.69, 9.17) is 27.1 Å². The molecule has 1 atom stereocenters. The number of alkyl halides is 2. The molecule has 252 valence electrons. The second-order valence-electron chi connectivity index (χ2n) is 12.8. The third kappa shape index (κ3) is 6.26. The van der Waals surface area contributed by atoms with Crippen LogP contribution in [0.3, 0.4) is 0 Å². The van der Waals surface area contributed by atoms with E-state index in [2.05, 4.69) is 19.8 Å². The van der Waals surface area contributed by atoms with Crippen LogP contribution in [-0.4, -0.2) is 48.8 Å². The zero-order valence-electron chi connectivity index (χ0n) is 26.9. The van der Waals surface area contributed by atoms with Crippen molar-refractivity contribution in [3.63, 3.8) is 0 Å². The Morgan fingerprint density at radius 2 is 1.94 bits per heavy atom. The largest absolute Gasteiger partial charge is 0.476 e. The molecule has 49 heavy (non-hydrogen) atoms. The van der Waals surface area contributed by atoms with Gasteiger partial charge in [-0.15, -0.1) is 0 Å². The first kappa shape index (κ1) is 32.4. The number of ether oxygens (including phenoxy) is 2. The summed E-state index contributed by atoms with van der Waals surface area (Å²) in [5, 5.41) is 5.71. The Bertz CT molecular complexity index is 2100. The third-order valence-electron chi connectivity index (χ3n) is 8.83. The number of carbonyl (C=O) groups excluding carboxylic acids is 2. The van der Waals surface area contributed by atoms with Crippen molar-refractivity contribution < 1.29 is 27.8 Å². The molecule has 2 amide bonds. The van der Waals surface area contributed by atoms with Crippen LogP contribution in [-0.2, 0) is 17.8 Å². The minimum atomic E-state index is -3.02. The molecule has 0 bridgehead atoms. The molecule has 1 aromatic carbocycles. The second-order valence-corrected chi connectivity index (χ2v) is 13.2. The van der Waals surface area contributed by atoms with Gasteiger partial charge in [-0.05, 0) is 87.4 Å². The summed E-state index contributed by atoms with van der Waals surface area (Å²) >= 11 is 6.04. The summed E-state index contributed by atoms with van der Waals surface area (Å²) in [4.78, 5) is 41.7. The standard InChI is InChI=1S/C35H32ClF2N7O4/c1-18(20-10-11-40-28(14-20)48-34(37)38)45-32-24(16-42-45)29(30(31(39)46)25(43-32)12-19-4-5-19)21-6-9-26-27(13-21)49-35(2,3)33(47)44(26)17-23-8-7-22(36)15-41-23/h6-11,13-16,18-19,34H,4-5,12,17H2,1-3H3,(H2,39,46)/t18-/m1/s1. The minimum absolute atomic E-state index is 0.191. The van der Waals surface area contributed by atoms with E-state index in [1.54, 1.807) is 60.0 Å². The Hall–Kier alpha value is -5.17. The zero-order chi connectivity index (χ0) is 34.6.